The Morgan fingerprint density at radius 3 is 2.95 bits per heavy atom. The van der Waals surface area contributed by atoms with Crippen molar-refractivity contribution in [2.75, 3.05) is 5.32 Å². The molecule has 0 saturated heterocycles. The minimum atomic E-state index is 0.0661. The van der Waals surface area contributed by atoms with Crippen LogP contribution in [0, 0.1) is 6.92 Å². The SMILES string of the molecule is Cc1cc(Oc2ccc3c(c2)CCC(=O)N3)ncc1Br. The zero-order valence-electron chi connectivity index (χ0n) is 10.9. The molecule has 0 saturated carbocycles. The van der Waals surface area contributed by atoms with Gasteiger partial charge in [0.05, 0.1) is 0 Å². The van der Waals surface area contributed by atoms with E-state index in [0.717, 1.165) is 33.5 Å². The number of hydrogen-bond acceptors (Lipinski definition) is 3. The number of benzene rings is 1. The van der Waals surface area contributed by atoms with Gasteiger partial charge in [-0.25, -0.2) is 4.98 Å². The number of anilines is 1. The van der Waals surface area contributed by atoms with Crippen molar-refractivity contribution >= 4 is 27.5 Å². The number of rotatable bonds is 2. The third-order valence-corrected chi connectivity index (χ3v) is 4.05. The van der Waals surface area contributed by atoms with E-state index in [9.17, 15) is 4.79 Å². The molecule has 1 aliphatic rings. The largest absolute Gasteiger partial charge is 0.439 e. The number of hydrogen-bond donors (Lipinski definition) is 1. The van der Waals surface area contributed by atoms with Crippen molar-refractivity contribution in [1.82, 2.24) is 4.98 Å². The summed E-state index contributed by atoms with van der Waals surface area (Å²) in [6.45, 7) is 1.99. The number of pyridine rings is 1. The molecule has 0 spiro atoms. The minimum absolute atomic E-state index is 0.0661. The van der Waals surface area contributed by atoms with E-state index in [-0.39, 0.29) is 5.91 Å². The second-order valence-electron chi connectivity index (χ2n) is 4.74. The second-order valence-corrected chi connectivity index (χ2v) is 5.60. The lowest BCUT2D eigenvalue weighted by atomic mass is 10.0. The zero-order chi connectivity index (χ0) is 14.1. The third kappa shape index (κ3) is 2.67. The fourth-order valence-electron chi connectivity index (χ4n) is 2.11. The van der Waals surface area contributed by atoms with Crippen molar-refractivity contribution < 1.29 is 9.53 Å². The van der Waals surface area contributed by atoms with Gasteiger partial charge in [0.2, 0.25) is 11.8 Å². The Labute approximate surface area is 125 Å². The molecule has 0 unspecified atom stereocenters. The highest BCUT2D eigenvalue weighted by Crippen LogP contribution is 2.29. The first-order valence-electron chi connectivity index (χ1n) is 6.34. The maximum Gasteiger partial charge on any atom is 0.224 e. The van der Waals surface area contributed by atoms with Crippen LogP contribution in [0.1, 0.15) is 17.5 Å². The lowest BCUT2D eigenvalue weighted by molar-refractivity contribution is -0.116. The van der Waals surface area contributed by atoms with E-state index in [4.69, 9.17) is 4.74 Å². The first-order valence-corrected chi connectivity index (χ1v) is 7.14. The summed E-state index contributed by atoms with van der Waals surface area (Å²) < 4.78 is 6.72. The highest BCUT2D eigenvalue weighted by Gasteiger charge is 2.15. The Balaban J connectivity index is 1.84. The number of fused-ring (bicyclic) bond motifs is 1. The predicted octanol–water partition coefficient (Wildman–Crippen LogP) is 3.83. The number of aromatic nitrogens is 1. The van der Waals surface area contributed by atoms with Crippen molar-refractivity contribution in [3.63, 3.8) is 0 Å². The van der Waals surface area contributed by atoms with Gasteiger partial charge >= 0.3 is 0 Å². The summed E-state index contributed by atoms with van der Waals surface area (Å²) in [6.07, 6.45) is 2.99. The molecule has 0 atom stereocenters. The summed E-state index contributed by atoms with van der Waals surface area (Å²) in [5.41, 5.74) is 3.03. The van der Waals surface area contributed by atoms with Gasteiger partial charge in [-0.2, -0.15) is 0 Å². The molecule has 0 fully saturated rings. The van der Waals surface area contributed by atoms with Crippen molar-refractivity contribution in [3.05, 3.63) is 46.1 Å². The second kappa shape index (κ2) is 5.25. The lowest BCUT2D eigenvalue weighted by Crippen LogP contribution is -2.18. The van der Waals surface area contributed by atoms with Crippen molar-refractivity contribution in [3.8, 4) is 11.6 Å². The summed E-state index contributed by atoms with van der Waals surface area (Å²) >= 11 is 3.41. The Morgan fingerprint density at radius 2 is 2.15 bits per heavy atom. The fraction of sp³-hybridized carbons (Fsp3) is 0.200. The standard InChI is InChI=1S/C15H13BrN2O2/c1-9-6-15(17-8-12(9)16)20-11-3-4-13-10(7-11)2-5-14(19)18-13/h3-4,6-8H,2,5H2,1H3,(H,18,19). The molecular weight excluding hydrogens is 320 g/mol. The highest BCUT2D eigenvalue weighted by atomic mass is 79.9. The molecule has 5 heteroatoms. The summed E-state index contributed by atoms with van der Waals surface area (Å²) in [5, 5.41) is 2.85. The first-order chi connectivity index (χ1) is 9.61. The molecule has 20 heavy (non-hydrogen) atoms. The van der Waals surface area contributed by atoms with Crippen molar-refractivity contribution in [2.24, 2.45) is 0 Å². The van der Waals surface area contributed by atoms with Gasteiger partial charge in [-0.3, -0.25) is 4.79 Å². The quantitative estimate of drug-likeness (QED) is 0.909. The van der Waals surface area contributed by atoms with Crippen LogP contribution in [0.25, 0.3) is 0 Å². The number of carbonyl (C=O) groups is 1. The smallest absolute Gasteiger partial charge is 0.224 e. The topological polar surface area (TPSA) is 51.2 Å². The number of nitrogens with zero attached hydrogens (tertiary/aromatic N) is 1. The summed E-state index contributed by atoms with van der Waals surface area (Å²) in [7, 11) is 0. The van der Waals surface area contributed by atoms with E-state index in [0.29, 0.717) is 12.3 Å². The molecule has 1 aliphatic heterocycles. The van der Waals surface area contributed by atoms with Crippen LogP contribution in [-0.2, 0) is 11.2 Å². The molecular formula is C15H13BrN2O2. The molecule has 0 aliphatic carbocycles. The molecule has 0 radical (unpaired) electrons. The van der Waals surface area contributed by atoms with Gasteiger partial charge in [-0.05, 0) is 58.6 Å². The molecule has 1 aromatic heterocycles. The molecule has 102 valence electrons. The number of nitrogens with one attached hydrogen (secondary N) is 1. The lowest BCUT2D eigenvalue weighted by Gasteiger charge is -2.17. The van der Waals surface area contributed by atoms with Gasteiger partial charge in [-0.15, -0.1) is 0 Å². The third-order valence-electron chi connectivity index (χ3n) is 3.22. The average molecular weight is 333 g/mol. The van der Waals surface area contributed by atoms with Crippen LogP contribution >= 0.6 is 15.9 Å². The van der Waals surface area contributed by atoms with Crippen LogP contribution < -0.4 is 10.1 Å². The zero-order valence-corrected chi connectivity index (χ0v) is 12.5. The van der Waals surface area contributed by atoms with Crippen LogP contribution in [0.5, 0.6) is 11.6 Å². The monoisotopic (exact) mass is 332 g/mol. The summed E-state index contributed by atoms with van der Waals surface area (Å²) in [5.74, 6) is 1.36. The van der Waals surface area contributed by atoms with E-state index >= 15 is 0 Å². The van der Waals surface area contributed by atoms with Crippen LogP contribution in [0.3, 0.4) is 0 Å². The number of ether oxygens (including phenoxy) is 1. The van der Waals surface area contributed by atoms with E-state index in [1.807, 2.05) is 31.2 Å². The number of amides is 1. The van der Waals surface area contributed by atoms with Crippen LogP contribution in [0.2, 0.25) is 0 Å². The van der Waals surface area contributed by atoms with Crippen LogP contribution in [0.15, 0.2) is 34.9 Å². The van der Waals surface area contributed by atoms with Gasteiger partial charge in [0, 0.05) is 28.8 Å². The molecule has 1 amide bonds. The molecule has 0 bridgehead atoms. The Hall–Kier alpha value is -1.88. The first kappa shape index (κ1) is 13.1. The molecule has 1 aromatic carbocycles. The normalized spacial score (nSPS) is 13.6. The Morgan fingerprint density at radius 1 is 1.30 bits per heavy atom. The predicted molar refractivity (Wildman–Crippen MR) is 80.1 cm³/mol. The van der Waals surface area contributed by atoms with E-state index in [2.05, 4.69) is 26.2 Å². The van der Waals surface area contributed by atoms with Gasteiger partial charge in [0.15, 0.2) is 0 Å². The Bertz CT molecular complexity index is 686. The van der Waals surface area contributed by atoms with E-state index in [1.165, 1.54) is 0 Å². The van der Waals surface area contributed by atoms with E-state index < -0.39 is 0 Å². The maximum atomic E-state index is 11.3. The summed E-state index contributed by atoms with van der Waals surface area (Å²) in [6, 6.07) is 7.54. The van der Waals surface area contributed by atoms with Crippen molar-refractivity contribution in [2.45, 2.75) is 19.8 Å². The van der Waals surface area contributed by atoms with Crippen LogP contribution in [-0.4, -0.2) is 10.9 Å². The highest BCUT2D eigenvalue weighted by molar-refractivity contribution is 9.10. The Kier molecular flexibility index (Phi) is 3.44. The molecule has 3 rings (SSSR count). The maximum absolute atomic E-state index is 11.3. The van der Waals surface area contributed by atoms with Gasteiger partial charge < -0.3 is 10.1 Å². The molecule has 4 nitrogen and oxygen atoms in total. The number of halogens is 1. The van der Waals surface area contributed by atoms with Crippen LogP contribution in [0.4, 0.5) is 5.69 Å². The van der Waals surface area contributed by atoms with Gasteiger partial charge in [-0.1, -0.05) is 0 Å². The summed E-state index contributed by atoms with van der Waals surface area (Å²) in [4.78, 5) is 15.5. The minimum Gasteiger partial charge on any atom is -0.439 e. The van der Waals surface area contributed by atoms with Gasteiger partial charge in [0.1, 0.15) is 5.75 Å². The number of carbonyl (C=O) groups excluding carboxylic acids is 1. The molecule has 1 N–H and O–H groups in total. The fourth-order valence-corrected chi connectivity index (χ4v) is 2.33. The van der Waals surface area contributed by atoms with Crippen molar-refractivity contribution in [1.29, 1.82) is 0 Å². The molecule has 2 aromatic rings. The molecule has 2 heterocycles. The number of aryl methyl sites for hydroxylation is 2. The average Bonchev–Trinajstić information content (AvgIpc) is 2.43. The van der Waals surface area contributed by atoms with Gasteiger partial charge in [0.25, 0.3) is 0 Å². The van der Waals surface area contributed by atoms with E-state index in [1.54, 1.807) is 6.20 Å².